The molecule has 3 rings (SSSR count). The van der Waals surface area contributed by atoms with Gasteiger partial charge in [0.15, 0.2) is 0 Å². The second-order valence-electron chi connectivity index (χ2n) is 8.28. The lowest BCUT2D eigenvalue weighted by molar-refractivity contribution is -0.149. The number of ketones is 1. The Kier molecular flexibility index (Phi) is 8.74. The molecular weight excluding hydrogens is 477 g/mol. The van der Waals surface area contributed by atoms with Gasteiger partial charge in [-0.2, -0.15) is 0 Å². The van der Waals surface area contributed by atoms with Crippen LogP contribution in [-0.4, -0.2) is 70.0 Å². The van der Waals surface area contributed by atoms with Crippen molar-refractivity contribution >= 4 is 42.1 Å². The predicted molar refractivity (Wildman–Crippen MR) is 126 cm³/mol. The summed E-state index contributed by atoms with van der Waals surface area (Å²) in [4.78, 5) is 68.6. The Morgan fingerprint density at radius 1 is 1.14 bits per heavy atom. The summed E-state index contributed by atoms with van der Waals surface area (Å²) in [6.45, 7) is 0.711. The zero-order valence-electron chi connectivity index (χ0n) is 19.2. The molecule has 3 amide bonds. The van der Waals surface area contributed by atoms with Crippen molar-refractivity contribution in [2.45, 2.75) is 38.3 Å². The summed E-state index contributed by atoms with van der Waals surface area (Å²) < 4.78 is 15.3. The van der Waals surface area contributed by atoms with Crippen LogP contribution < -0.4 is 10.6 Å². The molecule has 2 aromatic rings. The van der Waals surface area contributed by atoms with Gasteiger partial charge in [0, 0.05) is 20.0 Å². The van der Waals surface area contributed by atoms with Crippen molar-refractivity contribution in [3.05, 3.63) is 48.0 Å². The maximum atomic E-state index is 12.8. The minimum Gasteiger partial charge on any atom is -0.354 e. The Morgan fingerprint density at radius 3 is 2.54 bits per heavy atom. The molecule has 4 N–H and O–H groups in total. The molecule has 188 valence electrons. The Hall–Kier alpha value is -3.11. The zero-order valence-corrected chi connectivity index (χ0v) is 20.1. The van der Waals surface area contributed by atoms with Crippen LogP contribution in [-0.2, 0) is 34.7 Å². The van der Waals surface area contributed by atoms with Crippen molar-refractivity contribution in [3.63, 3.8) is 0 Å². The zero-order chi connectivity index (χ0) is 25.6. The van der Waals surface area contributed by atoms with Crippen molar-refractivity contribution in [2.75, 3.05) is 19.7 Å². The third kappa shape index (κ3) is 7.43. The van der Waals surface area contributed by atoms with Gasteiger partial charge in [0.05, 0.1) is 6.61 Å². The topological polar surface area (TPSA) is 162 Å². The molecule has 0 radical (unpaired) electrons. The Bertz CT molecular complexity index is 1160. The number of nitrogens with one attached hydrogen (secondary N) is 2. The van der Waals surface area contributed by atoms with E-state index in [-0.39, 0.29) is 6.54 Å². The first kappa shape index (κ1) is 26.5. The van der Waals surface area contributed by atoms with Crippen molar-refractivity contribution in [3.8, 4) is 0 Å². The minimum atomic E-state index is -4.93. The van der Waals surface area contributed by atoms with Gasteiger partial charge in [-0.05, 0) is 35.6 Å². The lowest BCUT2D eigenvalue weighted by Crippen LogP contribution is -2.54. The number of rotatable bonds is 10. The molecule has 1 fully saturated rings. The number of nitrogens with zero attached hydrogens (tertiary/aromatic N) is 1. The van der Waals surface area contributed by atoms with Crippen LogP contribution >= 0.6 is 7.82 Å². The molecule has 12 heteroatoms. The van der Waals surface area contributed by atoms with Gasteiger partial charge in [0.1, 0.15) is 12.1 Å². The van der Waals surface area contributed by atoms with Gasteiger partial charge < -0.3 is 25.3 Å². The SMILES string of the molecule is CC(=O)N[C@H](COP(=O)(O)O)C(=O)C(=O)N1CCC[C@H]1C(=O)NCCc1ccc2ccccc2c1. The number of phosphoric ester groups is 1. The van der Waals surface area contributed by atoms with E-state index in [4.69, 9.17) is 9.79 Å². The Morgan fingerprint density at radius 2 is 1.86 bits per heavy atom. The summed E-state index contributed by atoms with van der Waals surface area (Å²) in [5, 5.41) is 7.19. The molecule has 2 atom stereocenters. The molecule has 35 heavy (non-hydrogen) atoms. The van der Waals surface area contributed by atoms with Gasteiger partial charge in [0.2, 0.25) is 17.6 Å². The smallest absolute Gasteiger partial charge is 0.354 e. The fourth-order valence-electron chi connectivity index (χ4n) is 4.01. The number of amides is 3. The second-order valence-corrected chi connectivity index (χ2v) is 9.52. The largest absolute Gasteiger partial charge is 0.469 e. The van der Waals surface area contributed by atoms with E-state index in [1.807, 2.05) is 42.5 Å². The van der Waals surface area contributed by atoms with Gasteiger partial charge in [-0.15, -0.1) is 0 Å². The van der Waals surface area contributed by atoms with Crippen LogP contribution in [0.4, 0.5) is 0 Å². The van der Waals surface area contributed by atoms with Gasteiger partial charge in [-0.1, -0.05) is 42.5 Å². The number of fused-ring (bicyclic) bond motifs is 1. The van der Waals surface area contributed by atoms with Crippen LogP contribution in [0.15, 0.2) is 42.5 Å². The van der Waals surface area contributed by atoms with E-state index in [1.54, 1.807) is 0 Å². The highest BCUT2D eigenvalue weighted by molar-refractivity contribution is 7.46. The maximum absolute atomic E-state index is 12.8. The van der Waals surface area contributed by atoms with E-state index in [9.17, 15) is 23.7 Å². The summed E-state index contributed by atoms with van der Waals surface area (Å²) in [5.41, 5.74) is 1.04. The summed E-state index contributed by atoms with van der Waals surface area (Å²) in [6.07, 6.45) is 1.46. The molecule has 0 aliphatic carbocycles. The molecular formula is C23H28N3O8P. The first-order valence-electron chi connectivity index (χ1n) is 11.1. The Labute approximate surface area is 202 Å². The Balaban J connectivity index is 1.59. The summed E-state index contributed by atoms with van der Waals surface area (Å²) in [6, 6.07) is 11.5. The predicted octanol–water partition coefficient (Wildman–Crippen LogP) is 0.673. The number of Topliss-reactive ketones (excluding diaryl/α,β-unsaturated/α-hetero) is 1. The van der Waals surface area contributed by atoms with Gasteiger partial charge in [0.25, 0.3) is 5.91 Å². The van der Waals surface area contributed by atoms with Crippen molar-refractivity contribution < 1.29 is 38.1 Å². The summed E-state index contributed by atoms with van der Waals surface area (Å²) in [5.74, 6) is -3.23. The van der Waals surface area contributed by atoms with Crippen molar-refractivity contribution in [1.29, 1.82) is 0 Å². The van der Waals surface area contributed by atoms with Crippen LogP contribution in [0.25, 0.3) is 10.8 Å². The highest BCUT2D eigenvalue weighted by Crippen LogP contribution is 2.35. The number of carbonyl (C=O) groups excluding carboxylic acids is 4. The molecule has 0 unspecified atom stereocenters. The molecule has 1 aliphatic rings. The van der Waals surface area contributed by atoms with Crippen LogP contribution in [0.1, 0.15) is 25.3 Å². The maximum Gasteiger partial charge on any atom is 0.469 e. The average molecular weight is 505 g/mol. The fourth-order valence-corrected chi connectivity index (χ4v) is 4.36. The standard InChI is InChI=1S/C23H28N3O8P/c1-15(27)25-19(14-34-35(31,32)33)21(28)23(30)26-12-4-7-20(26)22(29)24-11-10-16-8-9-17-5-2-3-6-18(17)13-16/h2-3,5-6,8-9,13,19-20H,4,7,10-12,14H2,1H3,(H,24,29)(H,25,27)(H2,31,32,33)/t19-,20+/m1/s1. The molecule has 1 heterocycles. The second kappa shape index (κ2) is 11.5. The highest BCUT2D eigenvalue weighted by atomic mass is 31.2. The number of likely N-dealkylation sites (tertiary alicyclic amines) is 1. The average Bonchev–Trinajstić information content (AvgIpc) is 3.30. The molecule has 1 aliphatic heterocycles. The van der Waals surface area contributed by atoms with Crippen LogP contribution in [0.2, 0.25) is 0 Å². The van der Waals surface area contributed by atoms with Gasteiger partial charge >= 0.3 is 7.82 Å². The summed E-state index contributed by atoms with van der Waals surface area (Å²) in [7, 11) is -4.93. The van der Waals surface area contributed by atoms with Crippen molar-refractivity contribution in [2.24, 2.45) is 0 Å². The van der Waals surface area contributed by atoms with Gasteiger partial charge in [-0.3, -0.25) is 23.7 Å². The first-order valence-corrected chi connectivity index (χ1v) is 12.7. The normalized spacial score (nSPS) is 16.7. The van der Waals surface area contributed by atoms with Crippen LogP contribution in [0.3, 0.4) is 0 Å². The molecule has 0 bridgehead atoms. The van der Waals surface area contributed by atoms with E-state index >= 15 is 0 Å². The molecule has 2 aromatic carbocycles. The summed E-state index contributed by atoms with van der Waals surface area (Å²) >= 11 is 0. The van der Waals surface area contributed by atoms with E-state index in [2.05, 4.69) is 15.2 Å². The number of hydrogen-bond acceptors (Lipinski definition) is 6. The third-order valence-corrected chi connectivity index (χ3v) is 6.14. The molecule has 11 nitrogen and oxygen atoms in total. The van der Waals surface area contributed by atoms with E-state index in [1.165, 1.54) is 0 Å². The fraction of sp³-hybridized carbons (Fsp3) is 0.391. The molecule has 0 aromatic heterocycles. The monoisotopic (exact) mass is 505 g/mol. The lowest BCUT2D eigenvalue weighted by Gasteiger charge is -2.25. The number of phosphoric acid groups is 1. The van der Waals surface area contributed by atoms with E-state index < -0.39 is 50.0 Å². The number of carbonyl (C=O) groups is 4. The minimum absolute atomic E-state index is 0.166. The van der Waals surface area contributed by atoms with E-state index in [0.717, 1.165) is 28.2 Å². The number of hydrogen-bond donors (Lipinski definition) is 4. The van der Waals surface area contributed by atoms with E-state index in [0.29, 0.717) is 25.8 Å². The number of benzene rings is 2. The molecule has 0 spiro atoms. The first-order chi connectivity index (χ1) is 16.5. The van der Waals surface area contributed by atoms with Crippen molar-refractivity contribution in [1.82, 2.24) is 15.5 Å². The molecule has 1 saturated heterocycles. The highest BCUT2D eigenvalue weighted by Gasteiger charge is 2.39. The lowest BCUT2D eigenvalue weighted by atomic mass is 10.1. The van der Waals surface area contributed by atoms with Crippen LogP contribution in [0, 0.1) is 0 Å². The quantitative estimate of drug-likeness (QED) is 0.271. The van der Waals surface area contributed by atoms with Gasteiger partial charge in [-0.25, -0.2) is 4.57 Å². The molecule has 0 saturated carbocycles. The van der Waals surface area contributed by atoms with Crippen LogP contribution in [0.5, 0.6) is 0 Å². The third-order valence-electron chi connectivity index (χ3n) is 5.66.